The van der Waals surface area contributed by atoms with E-state index in [2.05, 4.69) is 18.7 Å². The molecule has 4 aliphatic rings. The Morgan fingerprint density at radius 1 is 1.19 bits per heavy atom. The van der Waals surface area contributed by atoms with Crippen LogP contribution < -0.4 is 4.74 Å². The normalized spacial score (nSPS) is 35.1. The van der Waals surface area contributed by atoms with Gasteiger partial charge in [-0.05, 0) is 44.7 Å². The Morgan fingerprint density at radius 2 is 1.93 bits per heavy atom. The molecule has 4 atom stereocenters. The van der Waals surface area contributed by atoms with Crippen molar-refractivity contribution in [2.45, 2.75) is 44.8 Å². The van der Waals surface area contributed by atoms with Crippen LogP contribution in [0.25, 0.3) is 0 Å². The summed E-state index contributed by atoms with van der Waals surface area (Å²) in [6, 6.07) is 8.08. The maximum atomic E-state index is 13.2. The molecule has 5 rings (SSSR count). The lowest BCUT2D eigenvalue weighted by atomic mass is 9.84. The highest BCUT2D eigenvalue weighted by Gasteiger charge is 2.71. The minimum atomic E-state index is -0.448. The zero-order valence-corrected chi connectivity index (χ0v) is 16.2. The lowest BCUT2D eigenvalue weighted by Gasteiger charge is -2.39. The average Bonchev–Trinajstić information content (AvgIpc) is 3.32. The van der Waals surface area contributed by atoms with Gasteiger partial charge < -0.3 is 9.64 Å². The van der Waals surface area contributed by atoms with Crippen molar-refractivity contribution in [2.75, 3.05) is 26.2 Å². The maximum absolute atomic E-state index is 13.2. The molecule has 0 radical (unpaired) electrons. The zero-order valence-electron chi connectivity index (χ0n) is 16.2. The van der Waals surface area contributed by atoms with E-state index in [1.807, 2.05) is 29.2 Å². The van der Waals surface area contributed by atoms with Crippen LogP contribution >= 0.6 is 0 Å². The molecule has 5 nitrogen and oxygen atoms in total. The number of ether oxygens (including phenoxy) is 1. The second kappa shape index (κ2) is 6.06. The van der Waals surface area contributed by atoms with E-state index in [1.165, 1.54) is 0 Å². The number of nitrogens with zero attached hydrogens (tertiary/aromatic N) is 2. The summed E-state index contributed by atoms with van der Waals surface area (Å²) in [5.41, 5.74) is 0.246. The molecule has 0 N–H and O–H groups in total. The van der Waals surface area contributed by atoms with Crippen LogP contribution in [0.15, 0.2) is 24.3 Å². The van der Waals surface area contributed by atoms with Gasteiger partial charge in [0.25, 0.3) is 0 Å². The quantitative estimate of drug-likeness (QED) is 0.805. The van der Waals surface area contributed by atoms with Crippen LogP contribution in [0.5, 0.6) is 5.75 Å². The first kappa shape index (κ1) is 17.2. The summed E-state index contributed by atoms with van der Waals surface area (Å²) in [5.74, 6) is 1.84. The van der Waals surface area contributed by atoms with Gasteiger partial charge >= 0.3 is 0 Å². The Hall–Kier alpha value is -1.88. The number of benzene rings is 1. The molecule has 2 heterocycles. The fraction of sp³-hybridized carbons (Fsp3) is 0.636. The van der Waals surface area contributed by atoms with E-state index in [0.29, 0.717) is 35.6 Å². The van der Waals surface area contributed by atoms with Gasteiger partial charge in [0, 0.05) is 44.1 Å². The first-order valence-corrected chi connectivity index (χ1v) is 10.3. The predicted molar refractivity (Wildman–Crippen MR) is 102 cm³/mol. The summed E-state index contributed by atoms with van der Waals surface area (Å²) in [6.45, 7) is 7.98. The third-order valence-electron chi connectivity index (χ3n) is 7.28. The number of carbonyl (C=O) groups excluding carboxylic acids is 2. The van der Waals surface area contributed by atoms with Gasteiger partial charge in [-0.1, -0.05) is 12.1 Å². The summed E-state index contributed by atoms with van der Waals surface area (Å²) in [6.07, 6.45) is 2.33. The number of fused-ring (bicyclic) bond motifs is 3. The van der Waals surface area contributed by atoms with E-state index in [9.17, 15) is 9.59 Å². The highest BCUT2D eigenvalue weighted by Crippen LogP contribution is 2.66. The summed E-state index contributed by atoms with van der Waals surface area (Å²) in [4.78, 5) is 30.4. The molecule has 2 aliphatic carbocycles. The fourth-order valence-corrected chi connectivity index (χ4v) is 5.77. The number of hydrogen-bond acceptors (Lipinski definition) is 4. The predicted octanol–water partition coefficient (Wildman–Crippen LogP) is 2.60. The molecule has 27 heavy (non-hydrogen) atoms. The molecule has 5 heteroatoms. The van der Waals surface area contributed by atoms with E-state index >= 15 is 0 Å². The molecule has 0 unspecified atom stereocenters. The van der Waals surface area contributed by atoms with Gasteiger partial charge in [0.15, 0.2) is 5.78 Å². The van der Waals surface area contributed by atoms with Crippen molar-refractivity contribution in [3.8, 4) is 5.75 Å². The number of piperazine rings is 1. The minimum Gasteiger partial charge on any atom is -0.486 e. The lowest BCUT2D eigenvalue weighted by molar-refractivity contribution is -0.136. The van der Waals surface area contributed by atoms with Crippen LogP contribution in [-0.4, -0.2) is 59.3 Å². The van der Waals surface area contributed by atoms with Crippen LogP contribution in [0.2, 0.25) is 0 Å². The molecule has 1 spiro atoms. The van der Waals surface area contributed by atoms with Crippen molar-refractivity contribution in [3.63, 3.8) is 0 Å². The SMILES string of the molecule is CC(C)N1CCN(C(=O)[C@H]2[C@H]3CC[C@@]4(CC(=O)c5ccccc5O4)[C@@H]32)CC1. The van der Waals surface area contributed by atoms with Gasteiger partial charge in [-0.2, -0.15) is 0 Å². The number of carbonyl (C=O) groups is 2. The standard InChI is InChI=1S/C22H28N2O3/c1-14(2)23-9-11-24(12-10-23)21(26)19-16-7-8-22(20(16)19)13-17(25)15-5-3-4-6-18(15)27-22/h3-6,14,16,19-20H,7-13H2,1-2H3/t16-,19+,20+,22-/m1/s1. The largest absolute Gasteiger partial charge is 0.486 e. The van der Waals surface area contributed by atoms with Crippen molar-refractivity contribution < 1.29 is 14.3 Å². The molecule has 3 fully saturated rings. The number of ketones is 1. The third-order valence-corrected chi connectivity index (χ3v) is 7.28. The zero-order chi connectivity index (χ0) is 18.8. The Balaban J connectivity index is 1.31. The van der Waals surface area contributed by atoms with Gasteiger partial charge in [-0.15, -0.1) is 0 Å². The molecule has 2 aliphatic heterocycles. The maximum Gasteiger partial charge on any atom is 0.226 e. The molecule has 0 aromatic heterocycles. The second-order valence-electron chi connectivity index (χ2n) is 8.97. The highest BCUT2D eigenvalue weighted by atomic mass is 16.5. The summed E-state index contributed by atoms with van der Waals surface area (Å²) < 4.78 is 6.42. The first-order valence-electron chi connectivity index (χ1n) is 10.3. The number of amides is 1. The Kier molecular flexibility index (Phi) is 3.87. The van der Waals surface area contributed by atoms with Gasteiger partial charge in [0.1, 0.15) is 11.4 Å². The molecule has 0 bridgehead atoms. The lowest BCUT2D eigenvalue weighted by Crippen LogP contribution is -2.52. The fourth-order valence-electron chi connectivity index (χ4n) is 5.77. The van der Waals surface area contributed by atoms with Crippen LogP contribution in [0.4, 0.5) is 0 Å². The van der Waals surface area contributed by atoms with Gasteiger partial charge in [0.2, 0.25) is 5.91 Å². The molecular weight excluding hydrogens is 340 g/mol. The smallest absolute Gasteiger partial charge is 0.226 e. The molecule has 144 valence electrons. The summed E-state index contributed by atoms with van der Waals surface area (Å²) in [7, 11) is 0. The Morgan fingerprint density at radius 3 is 2.67 bits per heavy atom. The highest BCUT2D eigenvalue weighted by molar-refractivity contribution is 6.00. The average molecular weight is 368 g/mol. The first-order chi connectivity index (χ1) is 13.0. The van der Waals surface area contributed by atoms with Gasteiger partial charge in [0.05, 0.1) is 12.0 Å². The van der Waals surface area contributed by atoms with E-state index in [0.717, 1.165) is 39.0 Å². The number of rotatable bonds is 2. The van der Waals surface area contributed by atoms with E-state index in [4.69, 9.17) is 4.74 Å². The van der Waals surface area contributed by atoms with Crippen LogP contribution in [0, 0.1) is 17.8 Å². The van der Waals surface area contributed by atoms with Crippen LogP contribution in [0.3, 0.4) is 0 Å². The molecule has 1 amide bonds. The molecular formula is C22H28N2O3. The topological polar surface area (TPSA) is 49.9 Å². The molecule has 1 aromatic carbocycles. The third kappa shape index (κ3) is 2.62. The van der Waals surface area contributed by atoms with Crippen molar-refractivity contribution in [1.82, 2.24) is 9.80 Å². The van der Waals surface area contributed by atoms with Crippen molar-refractivity contribution in [2.24, 2.45) is 17.8 Å². The van der Waals surface area contributed by atoms with E-state index in [1.54, 1.807) is 0 Å². The monoisotopic (exact) mass is 368 g/mol. The number of para-hydroxylation sites is 1. The van der Waals surface area contributed by atoms with E-state index in [-0.39, 0.29) is 17.6 Å². The summed E-state index contributed by atoms with van der Waals surface area (Å²) >= 11 is 0. The van der Waals surface area contributed by atoms with Crippen LogP contribution in [-0.2, 0) is 4.79 Å². The Labute approximate surface area is 160 Å². The van der Waals surface area contributed by atoms with E-state index < -0.39 is 5.60 Å². The Bertz CT molecular complexity index is 784. The van der Waals surface area contributed by atoms with Gasteiger partial charge in [-0.3, -0.25) is 14.5 Å². The summed E-state index contributed by atoms with van der Waals surface area (Å²) in [5, 5.41) is 0. The molecule has 1 saturated heterocycles. The van der Waals surface area contributed by atoms with Crippen LogP contribution in [0.1, 0.15) is 43.5 Å². The number of hydrogen-bond donors (Lipinski definition) is 0. The van der Waals surface area contributed by atoms with Crippen molar-refractivity contribution >= 4 is 11.7 Å². The molecule has 2 saturated carbocycles. The second-order valence-corrected chi connectivity index (χ2v) is 8.97. The molecule has 1 aromatic rings. The minimum absolute atomic E-state index is 0.0578. The number of Topliss-reactive ketones (excluding diaryl/α,β-unsaturated/α-hetero) is 1. The van der Waals surface area contributed by atoms with Crippen molar-refractivity contribution in [1.29, 1.82) is 0 Å². The van der Waals surface area contributed by atoms with Gasteiger partial charge in [-0.25, -0.2) is 0 Å². The van der Waals surface area contributed by atoms with Crippen molar-refractivity contribution in [3.05, 3.63) is 29.8 Å².